The highest BCUT2D eigenvalue weighted by Gasteiger charge is 2.09. The predicted molar refractivity (Wildman–Crippen MR) is 107 cm³/mol. The van der Waals surface area contributed by atoms with Gasteiger partial charge in [-0.2, -0.15) is 0 Å². The third-order valence-electron chi connectivity index (χ3n) is 3.86. The van der Waals surface area contributed by atoms with E-state index in [2.05, 4.69) is 0 Å². The molecule has 0 saturated carbocycles. The predicted octanol–water partition coefficient (Wildman–Crippen LogP) is 4.78. The molecule has 0 aliphatic carbocycles. The molecule has 0 aromatic heterocycles. The van der Waals surface area contributed by atoms with Crippen LogP contribution in [0.2, 0.25) is 0 Å². The van der Waals surface area contributed by atoms with Gasteiger partial charge in [-0.1, -0.05) is 19.1 Å². The van der Waals surface area contributed by atoms with Crippen LogP contribution < -0.4 is 10.5 Å². The SMILES string of the molecule is C/C=C/Cc1cc(/C=C/C(=O)c2ccc(N)cc2)c(OCCC)cc1O. The number of ketones is 1. The minimum Gasteiger partial charge on any atom is -0.508 e. The number of aromatic hydroxyl groups is 1. The number of anilines is 1. The van der Waals surface area contributed by atoms with Gasteiger partial charge in [0.1, 0.15) is 11.5 Å². The number of phenolic OH excluding ortho intramolecular Hbond substituents is 1. The molecule has 0 atom stereocenters. The third-order valence-corrected chi connectivity index (χ3v) is 3.86. The number of benzene rings is 2. The van der Waals surface area contributed by atoms with Crippen molar-refractivity contribution >= 4 is 17.5 Å². The molecule has 0 radical (unpaired) electrons. The van der Waals surface area contributed by atoms with Crippen molar-refractivity contribution in [1.29, 1.82) is 0 Å². The van der Waals surface area contributed by atoms with Gasteiger partial charge in [-0.05, 0) is 67.8 Å². The van der Waals surface area contributed by atoms with Crippen molar-refractivity contribution in [2.24, 2.45) is 0 Å². The van der Waals surface area contributed by atoms with Crippen LogP contribution in [0.1, 0.15) is 41.8 Å². The van der Waals surface area contributed by atoms with E-state index in [-0.39, 0.29) is 11.5 Å². The summed E-state index contributed by atoms with van der Waals surface area (Å²) in [7, 11) is 0. The lowest BCUT2D eigenvalue weighted by molar-refractivity contribution is 0.104. The lowest BCUT2D eigenvalue weighted by Crippen LogP contribution is -1.99. The number of nitrogens with two attached hydrogens (primary N) is 1. The lowest BCUT2D eigenvalue weighted by atomic mass is 10.0. The summed E-state index contributed by atoms with van der Waals surface area (Å²) in [5.41, 5.74) is 8.39. The summed E-state index contributed by atoms with van der Waals surface area (Å²) in [5, 5.41) is 10.2. The van der Waals surface area contributed by atoms with E-state index < -0.39 is 0 Å². The van der Waals surface area contributed by atoms with E-state index in [4.69, 9.17) is 10.5 Å². The number of allylic oxidation sites excluding steroid dienone is 3. The molecule has 2 aromatic carbocycles. The molecule has 4 heteroatoms. The molecule has 0 bridgehead atoms. The smallest absolute Gasteiger partial charge is 0.185 e. The summed E-state index contributed by atoms with van der Waals surface area (Å²) < 4.78 is 5.72. The molecule has 3 N–H and O–H groups in total. The first-order valence-corrected chi connectivity index (χ1v) is 8.73. The first kappa shape index (κ1) is 19.3. The van der Waals surface area contributed by atoms with Gasteiger partial charge in [0.2, 0.25) is 0 Å². The van der Waals surface area contributed by atoms with Crippen LogP contribution in [0.4, 0.5) is 5.69 Å². The maximum atomic E-state index is 12.3. The van der Waals surface area contributed by atoms with Crippen LogP contribution in [0.15, 0.2) is 54.6 Å². The van der Waals surface area contributed by atoms with Gasteiger partial charge in [0.25, 0.3) is 0 Å². The van der Waals surface area contributed by atoms with Gasteiger partial charge in [-0.15, -0.1) is 0 Å². The molecule has 0 amide bonds. The Morgan fingerprint density at radius 1 is 1.23 bits per heavy atom. The fourth-order valence-electron chi connectivity index (χ4n) is 2.42. The highest BCUT2D eigenvalue weighted by atomic mass is 16.5. The summed E-state index contributed by atoms with van der Waals surface area (Å²) in [5.74, 6) is 0.640. The maximum absolute atomic E-state index is 12.3. The van der Waals surface area contributed by atoms with Crippen LogP contribution in [0.25, 0.3) is 6.08 Å². The third kappa shape index (κ3) is 5.24. The number of carbonyl (C=O) groups excluding carboxylic acids is 1. The molecule has 4 nitrogen and oxygen atoms in total. The molecule has 2 aromatic rings. The van der Waals surface area contributed by atoms with Crippen LogP contribution in [-0.4, -0.2) is 17.5 Å². The normalized spacial score (nSPS) is 11.3. The maximum Gasteiger partial charge on any atom is 0.185 e. The Kier molecular flexibility index (Phi) is 7.03. The minimum absolute atomic E-state index is 0.116. The Balaban J connectivity index is 2.31. The number of hydrogen-bond acceptors (Lipinski definition) is 4. The van der Waals surface area contributed by atoms with Crippen molar-refractivity contribution in [2.75, 3.05) is 12.3 Å². The molecule has 0 aliphatic rings. The van der Waals surface area contributed by atoms with Gasteiger partial charge < -0.3 is 15.6 Å². The Morgan fingerprint density at radius 3 is 2.62 bits per heavy atom. The molecular formula is C22H25NO3. The van der Waals surface area contributed by atoms with Crippen LogP contribution in [0, 0.1) is 0 Å². The monoisotopic (exact) mass is 351 g/mol. The van der Waals surface area contributed by atoms with Gasteiger partial charge >= 0.3 is 0 Å². The average molecular weight is 351 g/mol. The van der Waals surface area contributed by atoms with Crippen molar-refractivity contribution < 1.29 is 14.6 Å². The van der Waals surface area contributed by atoms with E-state index in [1.165, 1.54) is 6.08 Å². The average Bonchev–Trinajstić information content (AvgIpc) is 2.64. The Hall–Kier alpha value is -3.01. The summed E-state index contributed by atoms with van der Waals surface area (Å²) in [4.78, 5) is 12.3. The lowest BCUT2D eigenvalue weighted by Gasteiger charge is -2.12. The molecular weight excluding hydrogens is 326 g/mol. The van der Waals surface area contributed by atoms with Crippen LogP contribution in [0.5, 0.6) is 11.5 Å². The largest absolute Gasteiger partial charge is 0.508 e. The summed E-state index contributed by atoms with van der Waals surface area (Å²) in [6.45, 7) is 4.49. The Bertz CT molecular complexity index is 805. The van der Waals surface area contributed by atoms with E-state index in [1.807, 2.05) is 32.1 Å². The zero-order valence-corrected chi connectivity index (χ0v) is 15.2. The molecule has 136 valence electrons. The number of carbonyl (C=O) groups is 1. The second-order valence-corrected chi connectivity index (χ2v) is 5.96. The molecule has 0 heterocycles. The number of ether oxygens (including phenoxy) is 1. The topological polar surface area (TPSA) is 72.6 Å². The number of hydrogen-bond donors (Lipinski definition) is 2. The van der Waals surface area contributed by atoms with Gasteiger partial charge in [0.05, 0.1) is 6.61 Å². The van der Waals surface area contributed by atoms with Crippen molar-refractivity contribution in [3.8, 4) is 11.5 Å². The van der Waals surface area contributed by atoms with Gasteiger partial charge in [0, 0.05) is 22.9 Å². The van der Waals surface area contributed by atoms with E-state index in [0.29, 0.717) is 30.0 Å². The van der Waals surface area contributed by atoms with Gasteiger partial charge in [-0.3, -0.25) is 4.79 Å². The summed E-state index contributed by atoms with van der Waals surface area (Å²) in [6.07, 6.45) is 8.60. The van der Waals surface area contributed by atoms with E-state index >= 15 is 0 Å². The van der Waals surface area contributed by atoms with E-state index in [1.54, 1.807) is 36.4 Å². The first-order valence-electron chi connectivity index (χ1n) is 8.73. The van der Waals surface area contributed by atoms with Crippen LogP contribution >= 0.6 is 0 Å². The molecule has 26 heavy (non-hydrogen) atoms. The van der Waals surface area contributed by atoms with Crippen LogP contribution in [0.3, 0.4) is 0 Å². The van der Waals surface area contributed by atoms with Crippen molar-refractivity contribution in [1.82, 2.24) is 0 Å². The number of nitrogen functional groups attached to an aromatic ring is 1. The number of phenols is 1. The Labute approximate surface area is 154 Å². The van der Waals surface area contributed by atoms with Crippen molar-refractivity contribution in [3.63, 3.8) is 0 Å². The van der Waals surface area contributed by atoms with E-state index in [9.17, 15) is 9.90 Å². The second-order valence-electron chi connectivity index (χ2n) is 5.96. The highest BCUT2D eigenvalue weighted by Crippen LogP contribution is 2.30. The van der Waals surface area contributed by atoms with Gasteiger partial charge in [0.15, 0.2) is 5.78 Å². The zero-order valence-electron chi connectivity index (χ0n) is 15.2. The Morgan fingerprint density at radius 2 is 1.96 bits per heavy atom. The fourth-order valence-corrected chi connectivity index (χ4v) is 2.42. The molecule has 0 saturated heterocycles. The second kappa shape index (κ2) is 9.47. The quantitative estimate of drug-likeness (QED) is 0.311. The van der Waals surface area contributed by atoms with E-state index in [0.717, 1.165) is 17.5 Å². The minimum atomic E-state index is -0.116. The standard InChI is InChI=1S/C22H25NO3/c1-3-5-6-17-14-18(22(15-21(17)25)26-13-4-2)9-12-20(24)16-7-10-19(23)11-8-16/h3,5,7-12,14-15,25H,4,6,13,23H2,1-2H3/b5-3+,12-9+. The molecule has 0 fully saturated rings. The van der Waals surface area contributed by atoms with Crippen molar-refractivity contribution in [3.05, 3.63) is 71.3 Å². The van der Waals surface area contributed by atoms with Crippen LogP contribution in [-0.2, 0) is 6.42 Å². The molecule has 2 rings (SSSR count). The molecule has 0 aliphatic heterocycles. The zero-order chi connectivity index (χ0) is 18.9. The fraction of sp³-hybridized carbons (Fsp3) is 0.227. The summed E-state index contributed by atoms with van der Waals surface area (Å²) >= 11 is 0. The summed E-state index contributed by atoms with van der Waals surface area (Å²) in [6, 6.07) is 10.3. The van der Waals surface area contributed by atoms with Crippen molar-refractivity contribution in [2.45, 2.75) is 26.7 Å². The number of rotatable bonds is 8. The van der Waals surface area contributed by atoms with Gasteiger partial charge in [-0.25, -0.2) is 0 Å². The molecule has 0 unspecified atom stereocenters. The molecule has 0 spiro atoms. The highest BCUT2D eigenvalue weighted by molar-refractivity contribution is 6.07. The first-order chi connectivity index (χ1) is 12.5.